The van der Waals surface area contributed by atoms with E-state index in [9.17, 15) is 0 Å². The lowest BCUT2D eigenvalue weighted by Crippen LogP contribution is -2.38. The Hall–Kier alpha value is -1.02. The molecular formula is C16H26N2. The number of nitrogens with zero attached hydrogens (tertiary/aromatic N) is 1. The van der Waals surface area contributed by atoms with Gasteiger partial charge in [0.25, 0.3) is 0 Å². The summed E-state index contributed by atoms with van der Waals surface area (Å²) in [7, 11) is 0. The molecule has 1 unspecified atom stereocenters. The van der Waals surface area contributed by atoms with Crippen LogP contribution in [0.15, 0.2) is 24.3 Å². The van der Waals surface area contributed by atoms with Crippen LogP contribution in [0.25, 0.3) is 0 Å². The van der Waals surface area contributed by atoms with Gasteiger partial charge in [-0.1, -0.05) is 26.0 Å². The van der Waals surface area contributed by atoms with Crippen LogP contribution in [0.1, 0.15) is 45.6 Å². The van der Waals surface area contributed by atoms with E-state index in [1.165, 1.54) is 31.4 Å². The largest absolute Gasteiger partial charge is 0.399 e. The van der Waals surface area contributed by atoms with Gasteiger partial charge in [0, 0.05) is 23.7 Å². The van der Waals surface area contributed by atoms with Crippen molar-refractivity contribution in [2.45, 2.75) is 51.5 Å². The Kier molecular flexibility index (Phi) is 3.96. The summed E-state index contributed by atoms with van der Waals surface area (Å²) >= 11 is 0. The summed E-state index contributed by atoms with van der Waals surface area (Å²) in [5.74, 6) is 0. The molecule has 1 saturated carbocycles. The second-order valence-electron chi connectivity index (χ2n) is 5.72. The number of nitrogens with two attached hydrogens (primary N) is 1. The fourth-order valence-corrected chi connectivity index (χ4v) is 2.75. The maximum absolute atomic E-state index is 5.78. The molecule has 2 rings (SSSR count). The van der Waals surface area contributed by atoms with E-state index >= 15 is 0 Å². The number of anilines is 1. The summed E-state index contributed by atoms with van der Waals surface area (Å²) in [6, 6.07) is 9.19. The van der Waals surface area contributed by atoms with Gasteiger partial charge in [-0.2, -0.15) is 0 Å². The molecule has 2 N–H and O–H groups in total. The molecule has 2 heteroatoms. The average Bonchev–Trinajstić information content (AvgIpc) is 3.17. The summed E-state index contributed by atoms with van der Waals surface area (Å²) in [4.78, 5) is 2.61. The second kappa shape index (κ2) is 5.31. The highest BCUT2D eigenvalue weighted by atomic mass is 15.2. The van der Waals surface area contributed by atoms with E-state index < -0.39 is 0 Å². The van der Waals surface area contributed by atoms with Gasteiger partial charge in [-0.25, -0.2) is 0 Å². The Balaban J connectivity index is 2.10. The average molecular weight is 246 g/mol. The van der Waals surface area contributed by atoms with E-state index in [1.807, 2.05) is 12.1 Å². The minimum Gasteiger partial charge on any atom is -0.399 e. The third-order valence-corrected chi connectivity index (χ3v) is 4.50. The quantitative estimate of drug-likeness (QED) is 0.779. The molecule has 0 saturated heterocycles. The second-order valence-corrected chi connectivity index (χ2v) is 5.72. The fraction of sp³-hybridized carbons (Fsp3) is 0.625. The van der Waals surface area contributed by atoms with E-state index in [-0.39, 0.29) is 0 Å². The van der Waals surface area contributed by atoms with Gasteiger partial charge >= 0.3 is 0 Å². The highest BCUT2D eigenvalue weighted by molar-refractivity contribution is 5.43. The van der Waals surface area contributed by atoms with Crippen molar-refractivity contribution in [3.63, 3.8) is 0 Å². The van der Waals surface area contributed by atoms with Gasteiger partial charge in [0.2, 0.25) is 0 Å². The number of hydrogen-bond acceptors (Lipinski definition) is 2. The Morgan fingerprint density at radius 1 is 1.22 bits per heavy atom. The molecule has 0 radical (unpaired) electrons. The van der Waals surface area contributed by atoms with Crippen LogP contribution in [0.3, 0.4) is 0 Å². The van der Waals surface area contributed by atoms with Crippen molar-refractivity contribution in [3.8, 4) is 0 Å². The smallest absolute Gasteiger partial charge is 0.0314 e. The van der Waals surface area contributed by atoms with Gasteiger partial charge in [-0.05, 0) is 50.4 Å². The van der Waals surface area contributed by atoms with Gasteiger partial charge in [-0.15, -0.1) is 0 Å². The van der Waals surface area contributed by atoms with E-state index in [4.69, 9.17) is 5.73 Å². The molecule has 0 aliphatic heterocycles. The summed E-state index contributed by atoms with van der Waals surface area (Å²) in [5, 5.41) is 0. The van der Waals surface area contributed by atoms with E-state index in [2.05, 4.69) is 37.8 Å². The van der Waals surface area contributed by atoms with Crippen LogP contribution in [-0.4, -0.2) is 24.0 Å². The maximum Gasteiger partial charge on any atom is 0.0314 e. The summed E-state index contributed by atoms with van der Waals surface area (Å²) in [6.07, 6.45) is 3.87. The van der Waals surface area contributed by atoms with E-state index in [1.54, 1.807) is 0 Å². The monoisotopic (exact) mass is 246 g/mol. The minimum absolute atomic E-state index is 0.410. The molecule has 0 heterocycles. The minimum atomic E-state index is 0.410. The van der Waals surface area contributed by atoms with Crippen LogP contribution >= 0.6 is 0 Å². The highest BCUT2D eigenvalue weighted by Gasteiger charge is 2.45. The predicted molar refractivity (Wildman–Crippen MR) is 78.8 cm³/mol. The Morgan fingerprint density at radius 3 is 2.28 bits per heavy atom. The number of hydrogen-bond donors (Lipinski definition) is 1. The van der Waals surface area contributed by atoms with Crippen molar-refractivity contribution < 1.29 is 0 Å². The van der Waals surface area contributed by atoms with Crippen molar-refractivity contribution in [2.75, 3.05) is 18.8 Å². The first-order valence-electron chi connectivity index (χ1n) is 7.21. The van der Waals surface area contributed by atoms with E-state index in [0.717, 1.165) is 12.2 Å². The van der Waals surface area contributed by atoms with Crippen LogP contribution in [-0.2, 0) is 5.41 Å². The molecule has 0 bridgehead atoms. The van der Waals surface area contributed by atoms with Crippen molar-refractivity contribution in [1.82, 2.24) is 4.90 Å². The number of rotatable bonds is 6. The molecule has 1 aliphatic rings. The first-order valence-corrected chi connectivity index (χ1v) is 7.21. The first-order chi connectivity index (χ1) is 8.61. The number of likely N-dealkylation sites (N-methyl/N-ethyl adjacent to an activating group) is 1. The SMILES string of the molecule is CCC(C)N(CC)CC1(c2ccc(N)cc2)CC1. The lowest BCUT2D eigenvalue weighted by Gasteiger charge is -2.31. The molecule has 100 valence electrons. The summed E-state index contributed by atoms with van der Waals surface area (Å²) in [6.45, 7) is 9.22. The molecular weight excluding hydrogens is 220 g/mol. The first kappa shape index (κ1) is 13.4. The van der Waals surface area contributed by atoms with Crippen molar-refractivity contribution in [2.24, 2.45) is 0 Å². The Bertz CT molecular complexity index is 379. The molecule has 0 amide bonds. The van der Waals surface area contributed by atoms with Crippen LogP contribution < -0.4 is 5.73 Å². The van der Waals surface area contributed by atoms with Gasteiger partial charge in [0.1, 0.15) is 0 Å². The van der Waals surface area contributed by atoms with Crippen molar-refractivity contribution in [3.05, 3.63) is 29.8 Å². The highest BCUT2D eigenvalue weighted by Crippen LogP contribution is 2.49. The lowest BCUT2D eigenvalue weighted by atomic mass is 9.94. The standard InChI is InChI=1S/C16H26N2/c1-4-13(3)18(5-2)12-16(10-11-16)14-6-8-15(17)9-7-14/h6-9,13H,4-5,10-12,17H2,1-3H3. The molecule has 1 aromatic rings. The molecule has 0 aromatic heterocycles. The summed E-state index contributed by atoms with van der Waals surface area (Å²) < 4.78 is 0. The molecule has 18 heavy (non-hydrogen) atoms. The van der Waals surface area contributed by atoms with Crippen LogP contribution in [0.2, 0.25) is 0 Å². The fourth-order valence-electron chi connectivity index (χ4n) is 2.75. The topological polar surface area (TPSA) is 29.3 Å². The molecule has 1 aliphatic carbocycles. The van der Waals surface area contributed by atoms with Crippen LogP contribution in [0, 0.1) is 0 Å². The summed E-state index contributed by atoms with van der Waals surface area (Å²) in [5.41, 5.74) is 8.52. The third-order valence-electron chi connectivity index (χ3n) is 4.50. The maximum atomic E-state index is 5.78. The predicted octanol–water partition coefficient (Wildman–Crippen LogP) is 3.42. The van der Waals surface area contributed by atoms with Crippen LogP contribution in [0.4, 0.5) is 5.69 Å². The molecule has 1 aromatic carbocycles. The third kappa shape index (κ3) is 2.69. The lowest BCUT2D eigenvalue weighted by molar-refractivity contribution is 0.195. The zero-order chi connectivity index (χ0) is 13.2. The van der Waals surface area contributed by atoms with Crippen molar-refractivity contribution in [1.29, 1.82) is 0 Å². The van der Waals surface area contributed by atoms with Crippen molar-refractivity contribution >= 4 is 5.69 Å². The van der Waals surface area contributed by atoms with Crippen LogP contribution in [0.5, 0.6) is 0 Å². The van der Waals surface area contributed by atoms with Gasteiger partial charge in [0.05, 0.1) is 0 Å². The zero-order valence-corrected chi connectivity index (χ0v) is 11.9. The number of benzene rings is 1. The van der Waals surface area contributed by atoms with Gasteiger partial charge < -0.3 is 10.6 Å². The number of nitrogen functional groups attached to an aromatic ring is 1. The van der Waals surface area contributed by atoms with E-state index in [0.29, 0.717) is 11.5 Å². The zero-order valence-electron chi connectivity index (χ0n) is 11.9. The Labute approximate surface area is 111 Å². The molecule has 2 nitrogen and oxygen atoms in total. The van der Waals surface area contributed by atoms with Gasteiger partial charge in [-0.3, -0.25) is 0 Å². The molecule has 1 atom stereocenters. The Morgan fingerprint density at radius 2 is 1.83 bits per heavy atom. The normalized spacial score (nSPS) is 18.9. The van der Waals surface area contributed by atoms with Gasteiger partial charge in [0.15, 0.2) is 0 Å². The molecule has 1 fully saturated rings. The molecule has 0 spiro atoms.